The van der Waals surface area contributed by atoms with E-state index in [4.69, 9.17) is 4.74 Å². The van der Waals surface area contributed by atoms with Gasteiger partial charge in [-0.05, 0) is 18.2 Å². The first-order valence-corrected chi connectivity index (χ1v) is 5.09. The molecule has 1 heterocycles. The molecule has 0 saturated carbocycles. The Balaban J connectivity index is 0.000000531. The zero-order chi connectivity index (χ0) is 10.9. The molecule has 0 amide bonds. The molecule has 15 heavy (non-hydrogen) atoms. The lowest BCUT2D eigenvalue weighted by Crippen LogP contribution is -1.85. The van der Waals surface area contributed by atoms with Crippen molar-refractivity contribution in [3.8, 4) is 11.6 Å². The van der Waals surface area contributed by atoms with Crippen LogP contribution in [0.5, 0.6) is 11.6 Å². The second kappa shape index (κ2) is 6.60. The summed E-state index contributed by atoms with van der Waals surface area (Å²) in [4.78, 5) is 4.05. The van der Waals surface area contributed by atoms with Gasteiger partial charge in [0.2, 0.25) is 5.88 Å². The molecule has 0 fully saturated rings. The third-order valence-electron chi connectivity index (χ3n) is 1.60. The van der Waals surface area contributed by atoms with Gasteiger partial charge in [-0.2, -0.15) is 0 Å². The highest BCUT2D eigenvalue weighted by atomic mass is 16.5. The lowest BCUT2D eigenvalue weighted by atomic mass is 10.3. The average molecular weight is 201 g/mol. The van der Waals surface area contributed by atoms with E-state index in [1.807, 2.05) is 62.4 Å². The van der Waals surface area contributed by atoms with Crippen LogP contribution < -0.4 is 4.74 Å². The summed E-state index contributed by atoms with van der Waals surface area (Å²) in [7, 11) is 0. The first-order chi connectivity index (χ1) is 7.45. The van der Waals surface area contributed by atoms with Gasteiger partial charge < -0.3 is 4.74 Å². The van der Waals surface area contributed by atoms with E-state index in [1.54, 1.807) is 6.20 Å². The zero-order valence-corrected chi connectivity index (χ0v) is 9.05. The number of rotatable bonds is 2. The highest BCUT2D eigenvalue weighted by Gasteiger charge is 1.93. The lowest BCUT2D eigenvalue weighted by Gasteiger charge is -2.02. The predicted molar refractivity (Wildman–Crippen MR) is 62.1 cm³/mol. The monoisotopic (exact) mass is 201 g/mol. The van der Waals surface area contributed by atoms with E-state index >= 15 is 0 Å². The summed E-state index contributed by atoms with van der Waals surface area (Å²) in [5, 5.41) is 0. The number of para-hydroxylation sites is 1. The van der Waals surface area contributed by atoms with Crippen LogP contribution in [-0.2, 0) is 0 Å². The Morgan fingerprint density at radius 3 is 2.13 bits per heavy atom. The zero-order valence-electron chi connectivity index (χ0n) is 9.05. The van der Waals surface area contributed by atoms with Crippen molar-refractivity contribution in [2.24, 2.45) is 0 Å². The van der Waals surface area contributed by atoms with Crippen LogP contribution in [0.3, 0.4) is 0 Å². The molecule has 2 nitrogen and oxygen atoms in total. The van der Waals surface area contributed by atoms with E-state index in [-0.39, 0.29) is 0 Å². The Labute approximate surface area is 90.6 Å². The van der Waals surface area contributed by atoms with Crippen LogP contribution in [-0.4, -0.2) is 4.98 Å². The smallest absolute Gasteiger partial charge is 0.219 e. The largest absolute Gasteiger partial charge is 0.439 e. The summed E-state index contributed by atoms with van der Waals surface area (Å²) in [6, 6.07) is 15.2. The van der Waals surface area contributed by atoms with Gasteiger partial charge in [-0.25, -0.2) is 4.98 Å². The van der Waals surface area contributed by atoms with Gasteiger partial charge in [-0.3, -0.25) is 0 Å². The van der Waals surface area contributed by atoms with Crippen molar-refractivity contribution < 1.29 is 4.74 Å². The highest BCUT2D eigenvalue weighted by molar-refractivity contribution is 5.26. The quantitative estimate of drug-likeness (QED) is 0.735. The topological polar surface area (TPSA) is 22.1 Å². The molecular weight excluding hydrogens is 186 g/mol. The van der Waals surface area contributed by atoms with E-state index in [0.717, 1.165) is 5.75 Å². The maximum atomic E-state index is 5.47. The SMILES string of the molecule is CC.c1ccc(Oc2ccccn2)cc1. The number of pyridine rings is 1. The van der Waals surface area contributed by atoms with Crippen molar-refractivity contribution in [3.63, 3.8) is 0 Å². The van der Waals surface area contributed by atoms with E-state index in [9.17, 15) is 0 Å². The van der Waals surface area contributed by atoms with Crippen LogP contribution >= 0.6 is 0 Å². The van der Waals surface area contributed by atoms with Crippen LogP contribution in [0.2, 0.25) is 0 Å². The van der Waals surface area contributed by atoms with Crippen LogP contribution in [0.1, 0.15) is 13.8 Å². The second-order valence-corrected chi connectivity index (χ2v) is 2.58. The molecule has 0 N–H and O–H groups in total. The van der Waals surface area contributed by atoms with Crippen molar-refractivity contribution in [1.29, 1.82) is 0 Å². The van der Waals surface area contributed by atoms with Crippen molar-refractivity contribution in [2.45, 2.75) is 13.8 Å². The van der Waals surface area contributed by atoms with Gasteiger partial charge in [0.1, 0.15) is 5.75 Å². The normalized spacial score (nSPS) is 8.67. The molecule has 0 aliphatic heterocycles. The first kappa shape index (κ1) is 11.2. The molecule has 0 radical (unpaired) electrons. The van der Waals surface area contributed by atoms with Gasteiger partial charge in [-0.1, -0.05) is 38.1 Å². The molecule has 1 aromatic heterocycles. The Hall–Kier alpha value is -1.83. The maximum absolute atomic E-state index is 5.47. The highest BCUT2D eigenvalue weighted by Crippen LogP contribution is 2.17. The minimum absolute atomic E-state index is 0.619. The fourth-order valence-corrected chi connectivity index (χ4v) is 1.02. The summed E-state index contributed by atoms with van der Waals surface area (Å²) in [5.74, 6) is 1.43. The van der Waals surface area contributed by atoms with Crippen molar-refractivity contribution in [1.82, 2.24) is 4.98 Å². The molecule has 0 aliphatic rings. The fraction of sp³-hybridized carbons (Fsp3) is 0.154. The third-order valence-corrected chi connectivity index (χ3v) is 1.60. The Morgan fingerprint density at radius 2 is 1.53 bits per heavy atom. The number of hydrogen-bond acceptors (Lipinski definition) is 2. The van der Waals surface area contributed by atoms with Gasteiger partial charge in [0.05, 0.1) is 0 Å². The number of nitrogens with zero attached hydrogens (tertiary/aromatic N) is 1. The molecule has 2 heteroatoms. The number of benzene rings is 1. The Morgan fingerprint density at radius 1 is 0.867 bits per heavy atom. The van der Waals surface area contributed by atoms with Gasteiger partial charge in [0, 0.05) is 12.3 Å². The standard InChI is InChI=1S/C11H9NO.C2H6/c1-2-6-10(7-3-1)13-11-8-4-5-9-12-11;1-2/h1-9H;1-2H3. The molecule has 2 aromatic rings. The molecule has 0 spiro atoms. The van der Waals surface area contributed by atoms with Crippen molar-refractivity contribution in [3.05, 3.63) is 54.7 Å². The van der Waals surface area contributed by atoms with E-state index in [1.165, 1.54) is 0 Å². The molecule has 0 saturated heterocycles. The van der Waals surface area contributed by atoms with Crippen molar-refractivity contribution >= 4 is 0 Å². The predicted octanol–water partition coefficient (Wildman–Crippen LogP) is 3.90. The molecular formula is C13H15NO. The summed E-state index contributed by atoms with van der Waals surface area (Å²) >= 11 is 0. The summed E-state index contributed by atoms with van der Waals surface area (Å²) in [6.45, 7) is 4.00. The van der Waals surface area contributed by atoms with Gasteiger partial charge >= 0.3 is 0 Å². The van der Waals surface area contributed by atoms with Crippen LogP contribution in [0, 0.1) is 0 Å². The maximum Gasteiger partial charge on any atom is 0.219 e. The second-order valence-electron chi connectivity index (χ2n) is 2.58. The molecule has 0 aliphatic carbocycles. The minimum Gasteiger partial charge on any atom is -0.439 e. The van der Waals surface area contributed by atoms with Crippen LogP contribution in [0.25, 0.3) is 0 Å². The third kappa shape index (κ3) is 3.81. The van der Waals surface area contributed by atoms with Crippen LogP contribution in [0.4, 0.5) is 0 Å². The minimum atomic E-state index is 0.619. The summed E-state index contributed by atoms with van der Waals surface area (Å²) in [5.41, 5.74) is 0. The number of hydrogen-bond donors (Lipinski definition) is 0. The number of aromatic nitrogens is 1. The van der Waals surface area contributed by atoms with Gasteiger partial charge in [0.15, 0.2) is 0 Å². The van der Waals surface area contributed by atoms with E-state index in [2.05, 4.69) is 4.98 Å². The van der Waals surface area contributed by atoms with E-state index < -0.39 is 0 Å². The van der Waals surface area contributed by atoms with Gasteiger partial charge in [-0.15, -0.1) is 0 Å². The molecule has 1 aromatic carbocycles. The molecule has 0 bridgehead atoms. The molecule has 0 unspecified atom stereocenters. The van der Waals surface area contributed by atoms with E-state index in [0.29, 0.717) is 5.88 Å². The summed E-state index contributed by atoms with van der Waals surface area (Å²) < 4.78 is 5.47. The molecule has 0 atom stereocenters. The Kier molecular flexibility index (Phi) is 4.95. The van der Waals surface area contributed by atoms with Crippen LogP contribution in [0.15, 0.2) is 54.7 Å². The Bertz CT molecular complexity index is 321. The average Bonchev–Trinajstić information content (AvgIpc) is 2.34. The van der Waals surface area contributed by atoms with Gasteiger partial charge in [0.25, 0.3) is 0 Å². The summed E-state index contributed by atoms with van der Waals surface area (Å²) in [6.07, 6.45) is 1.71. The van der Waals surface area contributed by atoms with Crippen molar-refractivity contribution in [2.75, 3.05) is 0 Å². The molecule has 2 rings (SSSR count). The molecule has 78 valence electrons. The number of ether oxygens (including phenoxy) is 1. The lowest BCUT2D eigenvalue weighted by molar-refractivity contribution is 0.463. The fourth-order valence-electron chi connectivity index (χ4n) is 1.02. The first-order valence-electron chi connectivity index (χ1n) is 5.09.